The molecule has 0 aromatic heterocycles. The summed E-state index contributed by atoms with van der Waals surface area (Å²) in [5.74, 6) is -0.125. The Labute approximate surface area is 155 Å². The number of carbonyl (C=O) groups is 1. The highest BCUT2D eigenvalue weighted by molar-refractivity contribution is 7.89. The molecule has 0 saturated carbocycles. The Hall–Kier alpha value is -1.19. The van der Waals surface area contributed by atoms with E-state index in [0.29, 0.717) is 13.2 Å². The van der Waals surface area contributed by atoms with E-state index < -0.39 is 10.0 Å². The van der Waals surface area contributed by atoms with Crippen LogP contribution in [0.1, 0.15) is 31.7 Å². The van der Waals surface area contributed by atoms with E-state index >= 15 is 0 Å². The highest BCUT2D eigenvalue weighted by Crippen LogP contribution is 2.14. The Bertz CT molecular complexity index is 644. The smallest absolute Gasteiger partial charge is 0.240 e. The second kappa shape index (κ2) is 10.1. The maximum Gasteiger partial charge on any atom is 0.240 e. The van der Waals surface area contributed by atoms with Gasteiger partial charge in [0.2, 0.25) is 15.9 Å². The summed E-state index contributed by atoms with van der Waals surface area (Å²) in [6, 6.07) is 6.25. The molecule has 1 aromatic carbocycles. The van der Waals surface area contributed by atoms with Crippen LogP contribution in [0.4, 0.5) is 0 Å². The van der Waals surface area contributed by atoms with Crippen LogP contribution in [0.15, 0.2) is 29.2 Å². The van der Waals surface area contributed by atoms with Gasteiger partial charge in [-0.25, -0.2) is 13.1 Å². The molecule has 2 rings (SSSR count). The first-order valence-corrected chi connectivity index (χ1v) is 9.57. The number of ether oxygens (including phenoxy) is 1. The van der Waals surface area contributed by atoms with Gasteiger partial charge in [0, 0.05) is 32.2 Å². The third-order valence-electron chi connectivity index (χ3n) is 3.76. The first-order chi connectivity index (χ1) is 11.4. The number of halogens is 1. The first kappa shape index (κ1) is 21.9. The Kier molecular flexibility index (Phi) is 8.81. The number of amides is 1. The van der Waals surface area contributed by atoms with Crippen molar-refractivity contribution in [3.05, 3.63) is 29.8 Å². The molecule has 7 nitrogen and oxygen atoms in total. The minimum Gasteiger partial charge on any atom is -0.377 e. The van der Waals surface area contributed by atoms with Crippen molar-refractivity contribution in [3.63, 3.8) is 0 Å². The van der Waals surface area contributed by atoms with Crippen LogP contribution in [0, 0.1) is 0 Å². The van der Waals surface area contributed by atoms with Crippen molar-refractivity contribution in [2.45, 2.75) is 49.8 Å². The molecule has 0 radical (unpaired) electrons. The molecule has 2 unspecified atom stereocenters. The molecule has 1 fully saturated rings. The highest BCUT2D eigenvalue weighted by Gasteiger charge is 2.20. The number of rotatable bonds is 8. The number of nitrogens with two attached hydrogens (primary N) is 1. The van der Waals surface area contributed by atoms with Gasteiger partial charge in [0.1, 0.15) is 0 Å². The Morgan fingerprint density at radius 1 is 1.36 bits per heavy atom. The van der Waals surface area contributed by atoms with Gasteiger partial charge in [0.15, 0.2) is 0 Å². The van der Waals surface area contributed by atoms with Gasteiger partial charge < -0.3 is 15.8 Å². The fourth-order valence-corrected chi connectivity index (χ4v) is 3.51. The van der Waals surface area contributed by atoms with Crippen LogP contribution in [-0.4, -0.2) is 39.6 Å². The van der Waals surface area contributed by atoms with Crippen molar-refractivity contribution in [2.24, 2.45) is 5.73 Å². The van der Waals surface area contributed by atoms with Crippen molar-refractivity contribution >= 4 is 28.3 Å². The van der Waals surface area contributed by atoms with E-state index in [2.05, 4.69) is 10.0 Å². The molecule has 1 aromatic rings. The molecule has 0 aliphatic carbocycles. The van der Waals surface area contributed by atoms with Gasteiger partial charge in [-0.2, -0.15) is 0 Å². The summed E-state index contributed by atoms with van der Waals surface area (Å²) in [6.07, 6.45) is 2.07. The number of hydrogen-bond donors (Lipinski definition) is 3. The van der Waals surface area contributed by atoms with E-state index in [1.165, 1.54) is 12.1 Å². The first-order valence-electron chi connectivity index (χ1n) is 8.09. The van der Waals surface area contributed by atoms with Gasteiger partial charge in [-0.15, -0.1) is 12.4 Å². The molecule has 4 N–H and O–H groups in total. The average Bonchev–Trinajstić information content (AvgIpc) is 3.04. The van der Waals surface area contributed by atoms with Crippen molar-refractivity contribution < 1.29 is 17.9 Å². The number of sulfonamides is 1. The normalized spacial score (nSPS) is 18.4. The van der Waals surface area contributed by atoms with Gasteiger partial charge in [0.25, 0.3) is 0 Å². The largest absolute Gasteiger partial charge is 0.377 e. The van der Waals surface area contributed by atoms with Gasteiger partial charge in [0.05, 0.1) is 11.0 Å². The molecule has 1 heterocycles. The predicted octanol–water partition coefficient (Wildman–Crippen LogP) is 0.919. The molecule has 2 atom stereocenters. The molecule has 25 heavy (non-hydrogen) atoms. The van der Waals surface area contributed by atoms with Crippen molar-refractivity contribution in [3.8, 4) is 0 Å². The number of carbonyl (C=O) groups excluding carboxylic acids is 1. The zero-order valence-corrected chi connectivity index (χ0v) is 15.9. The second-order valence-electron chi connectivity index (χ2n) is 6.09. The lowest BCUT2D eigenvalue weighted by Crippen LogP contribution is -2.32. The number of benzene rings is 1. The summed E-state index contributed by atoms with van der Waals surface area (Å²) in [5.41, 5.74) is 6.39. The summed E-state index contributed by atoms with van der Waals surface area (Å²) in [7, 11) is -3.55. The summed E-state index contributed by atoms with van der Waals surface area (Å²) in [6.45, 7) is 3.09. The van der Waals surface area contributed by atoms with E-state index in [-0.39, 0.29) is 48.3 Å². The third-order valence-corrected chi connectivity index (χ3v) is 5.20. The van der Waals surface area contributed by atoms with Crippen LogP contribution in [0.2, 0.25) is 0 Å². The van der Waals surface area contributed by atoms with Gasteiger partial charge in [-0.05, 0) is 37.5 Å². The minimum absolute atomic E-state index is 0. The average molecular weight is 392 g/mol. The Morgan fingerprint density at radius 3 is 2.60 bits per heavy atom. The highest BCUT2D eigenvalue weighted by atomic mass is 35.5. The molecule has 1 aliphatic rings. The Morgan fingerprint density at radius 2 is 2.04 bits per heavy atom. The lowest BCUT2D eigenvalue weighted by Gasteiger charge is -2.12. The van der Waals surface area contributed by atoms with Crippen molar-refractivity contribution in [1.82, 2.24) is 10.0 Å². The topological polar surface area (TPSA) is 111 Å². The zero-order chi connectivity index (χ0) is 17.6. The monoisotopic (exact) mass is 391 g/mol. The molecular weight excluding hydrogens is 366 g/mol. The summed E-state index contributed by atoms with van der Waals surface area (Å²) in [4.78, 5) is 11.8. The summed E-state index contributed by atoms with van der Waals surface area (Å²) in [5, 5.41) is 2.75. The molecule has 1 saturated heterocycles. The molecule has 142 valence electrons. The fourth-order valence-electron chi connectivity index (χ4n) is 2.44. The van der Waals surface area contributed by atoms with Crippen LogP contribution in [-0.2, 0) is 26.1 Å². The molecular formula is C16H26ClN3O4S. The van der Waals surface area contributed by atoms with Crippen LogP contribution < -0.4 is 15.8 Å². The van der Waals surface area contributed by atoms with E-state index in [1.54, 1.807) is 19.1 Å². The standard InChI is InChI=1S/C16H25N3O4S.ClH/c1-12(17)9-16(20)18-10-13-4-6-15(7-5-13)24(21,22)19-11-14-3-2-8-23-14;/h4-7,12,14,19H,2-3,8-11,17H2,1H3,(H,18,20);1H. The van der Waals surface area contributed by atoms with Gasteiger partial charge >= 0.3 is 0 Å². The third kappa shape index (κ3) is 7.29. The van der Waals surface area contributed by atoms with Gasteiger partial charge in [-0.3, -0.25) is 4.79 Å². The van der Waals surface area contributed by atoms with Crippen LogP contribution >= 0.6 is 12.4 Å². The fraction of sp³-hybridized carbons (Fsp3) is 0.562. The number of nitrogens with one attached hydrogen (secondary N) is 2. The SMILES string of the molecule is CC(N)CC(=O)NCc1ccc(S(=O)(=O)NCC2CCCO2)cc1.Cl. The van der Waals surface area contributed by atoms with Gasteiger partial charge in [-0.1, -0.05) is 12.1 Å². The summed E-state index contributed by atoms with van der Waals surface area (Å²) >= 11 is 0. The lowest BCUT2D eigenvalue weighted by atomic mass is 10.2. The predicted molar refractivity (Wildman–Crippen MR) is 98.0 cm³/mol. The van der Waals surface area contributed by atoms with E-state index in [4.69, 9.17) is 10.5 Å². The molecule has 0 spiro atoms. The zero-order valence-electron chi connectivity index (χ0n) is 14.2. The molecule has 1 amide bonds. The molecule has 9 heteroatoms. The maximum absolute atomic E-state index is 12.2. The number of hydrogen-bond acceptors (Lipinski definition) is 5. The van der Waals surface area contributed by atoms with Crippen molar-refractivity contribution in [1.29, 1.82) is 0 Å². The molecule has 1 aliphatic heterocycles. The van der Waals surface area contributed by atoms with E-state index in [0.717, 1.165) is 18.4 Å². The maximum atomic E-state index is 12.2. The minimum atomic E-state index is -3.55. The summed E-state index contributed by atoms with van der Waals surface area (Å²) < 4.78 is 32.5. The van der Waals surface area contributed by atoms with Crippen molar-refractivity contribution in [2.75, 3.05) is 13.2 Å². The van der Waals surface area contributed by atoms with Crippen LogP contribution in [0.5, 0.6) is 0 Å². The van der Waals surface area contributed by atoms with Crippen LogP contribution in [0.25, 0.3) is 0 Å². The second-order valence-corrected chi connectivity index (χ2v) is 7.86. The lowest BCUT2D eigenvalue weighted by molar-refractivity contribution is -0.121. The molecule has 0 bridgehead atoms. The Balaban J connectivity index is 0.00000312. The van der Waals surface area contributed by atoms with E-state index in [1.807, 2.05) is 0 Å². The quantitative estimate of drug-likeness (QED) is 0.610. The van der Waals surface area contributed by atoms with E-state index in [9.17, 15) is 13.2 Å². The van der Waals surface area contributed by atoms with Crippen LogP contribution in [0.3, 0.4) is 0 Å².